The van der Waals surface area contributed by atoms with Crippen molar-refractivity contribution >= 4 is 41.4 Å². The number of nitrogens with one attached hydrogen (secondary N) is 4. The molecule has 0 bridgehead atoms. The number of esters is 1. The van der Waals surface area contributed by atoms with Crippen LogP contribution in [0.15, 0.2) is 97.1 Å². The fourth-order valence-electron chi connectivity index (χ4n) is 5.51. The van der Waals surface area contributed by atoms with Gasteiger partial charge in [-0.1, -0.05) is 84.4 Å². The number of amides is 4. The minimum atomic E-state index is -1.70. The fourth-order valence-corrected chi connectivity index (χ4v) is 5.64. The Kier molecular flexibility index (Phi) is 14.1. The number of hydrogen-bond donors (Lipinski definition) is 6. The summed E-state index contributed by atoms with van der Waals surface area (Å²) in [7, 11) is 2.39. The second-order valence-corrected chi connectivity index (χ2v) is 13.7. The first kappa shape index (κ1) is 41.5. The van der Waals surface area contributed by atoms with E-state index in [0.717, 1.165) is 12.1 Å². The van der Waals surface area contributed by atoms with Crippen LogP contribution in [-0.2, 0) is 35.1 Å². The Morgan fingerprint density at radius 3 is 1.56 bits per heavy atom. The highest BCUT2D eigenvalue weighted by Gasteiger charge is 2.35. The number of carbonyl (C=O) groups excluding carboxylic acids is 5. The van der Waals surface area contributed by atoms with Gasteiger partial charge in [-0.05, 0) is 67.3 Å². The first-order valence-corrected chi connectivity index (χ1v) is 17.4. The molecular weight excluding hydrogens is 732 g/mol. The van der Waals surface area contributed by atoms with Crippen molar-refractivity contribution in [2.45, 2.75) is 57.0 Å². The van der Waals surface area contributed by atoms with Crippen LogP contribution in [0.4, 0.5) is 4.79 Å². The standard InChI is InChI=1S/C40H43ClN4O10/c1-40(2,3)55-39(52)45-32(25-14-10-7-11-15-25)36(49)44-33(26-21-29(46)34(53-4)30(47)22-26)37(50)43-31(24-12-8-6-9-13-24)35(48)42-28(38(51)54-5)20-23-16-18-27(41)19-17-23/h6-19,21-22,28,31-33,46-47H,20H2,1-5H3,(H,42,48)(H,43,50)(H,44,49)(H,45,52)/t28-,31-,32+,33-/m1/s1. The smallest absolute Gasteiger partial charge is 0.408 e. The maximum absolute atomic E-state index is 14.4. The molecule has 0 aromatic heterocycles. The van der Waals surface area contributed by atoms with Crippen LogP contribution >= 0.6 is 11.6 Å². The third-order valence-electron chi connectivity index (χ3n) is 8.05. The molecule has 0 aliphatic heterocycles. The molecule has 0 unspecified atom stereocenters. The van der Waals surface area contributed by atoms with Crippen LogP contribution in [0.2, 0.25) is 5.02 Å². The zero-order valence-electron chi connectivity index (χ0n) is 30.8. The number of hydrogen-bond acceptors (Lipinski definition) is 10. The predicted octanol–water partition coefficient (Wildman–Crippen LogP) is 4.94. The molecule has 4 amide bonds. The third kappa shape index (κ3) is 11.6. The van der Waals surface area contributed by atoms with Gasteiger partial charge in [-0.25, -0.2) is 9.59 Å². The average molecular weight is 775 g/mol. The average Bonchev–Trinajstić information content (AvgIpc) is 3.14. The van der Waals surface area contributed by atoms with Gasteiger partial charge < -0.3 is 45.7 Å². The highest BCUT2D eigenvalue weighted by molar-refractivity contribution is 6.30. The van der Waals surface area contributed by atoms with Gasteiger partial charge in [0, 0.05) is 11.4 Å². The number of halogens is 1. The topological polar surface area (TPSA) is 202 Å². The number of methoxy groups -OCH3 is 2. The van der Waals surface area contributed by atoms with Crippen LogP contribution in [0.1, 0.15) is 61.2 Å². The van der Waals surface area contributed by atoms with Gasteiger partial charge in [0.15, 0.2) is 11.5 Å². The molecule has 0 saturated carbocycles. The molecule has 0 aliphatic carbocycles. The monoisotopic (exact) mass is 774 g/mol. The van der Waals surface area contributed by atoms with E-state index in [9.17, 15) is 34.2 Å². The Hall–Kier alpha value is -6.28. The highest BCUT2D eigenvalue weighted by Crippen LogP contribution is 2.38. The first-order valence-electron chi connectivity index (χ1n) is 17.0. The SMILES string of the molecule is COC(=O)[C@@H](Cc1ccc(Cl)cc1)NC(=O)[C@H](NC(=O)[C@H](NC(=O)[C@@H](NC(=O)OC(C)(C)C)c1ccccc1)c1cc(O)c(OC)c(O)c1)c1ccccc1. The molecule has 0 radical (unpaired) electrons. The minimum Gasteiger partial charge on any atom is -0.504 e. The molecule has 0 spiro atoms. The summed E-state index contributed by atoms with van der Waals surface area (Å²) >= 11 is 6.02. The van der Waals surface area contributed by atoms with Crippen LogP contribution in [0.3, 0.4) is 0 Å². The summed E-state index contributed by atoms with van der Waals surface area (Å²) < 4.78 is 15.4. The summed E-state index contributed by atoms with van der Waals surface area (Å²) in [4.78, 5) is 68.3. The van der Waals surface area contributed by atoms with E-state index in [-0.39, 0.29) is 17.7 Å². The van der Waals surface area contributed by atoms with E-state index in [1.165, 1.54) is 14.2 Å². The molecule has 4 aromatic carbocycles. The Bertz CT molecular complexity index is 1950. The molecule has 55 heavy (non-hydrogen) atoms. The zero-order valence-corrected chi connectivity index (χ0v) is 31.5. The second-order valence-electron chi connectivity index (χ2n) is 13.3. The van der Waals surface area contributed by atoms with Gasteiger partial charge in [0.25, 0.3) is 0 Å². The lowest BCUT2D eigenvalue weighted by atomic mass is 10.00. The van der Waals surface area contributed by atoms with Crippen LogP contribution in [0, 0.1) is 0 Å². The molecular formula is C40H43ClN4O10. The summed E-state index contributed by atoms with van der Waals surface area (Å²) in [5.41, 5.74) is 0.282. The zero-order chi connectivity index (χ0) is 40.3. The van der Waals surface area contributed by atoms with E-state index in [2.05, 4.69) is 21.3 Å². The van der Waals surface area contributed by atoms with Crippen molar-refractivity contribution in [1.82, 2.24) is 21.3 Å². The molecule has 15 heteroatoms. The predicted molar refractivity (Wildman–Crippen MR) is 202 cm³/mol. The van der Waals surface area contributed by atoms with E-state index in [4.69, 9.17) is 25.8 Å². The molecule has 0 heterocycles. The lowest BCUT2D eigenvalue weighted by Crippen LogP contribution is -2.51. The number of rotatable bonds is 14. The van der Waals surface area contributed by atoms with Crippen LogP contribution in [0.25, 0.3) is 0 Å². The normalized spacial score (nSPS) is 13.2. The Morgan fingerprint density at radius 2 is 1.11 bits per heavy atom. The Balaban J connectivity index is 1.73. The van der Waals surface area contributed by atoms with Crippen molar-refractivity contribution in [3.05, 3.63) is 124 Å². The number of phenolic OH excluding ortho intramolecular Hbond substituents is 2. The van der Waals surface area contributed by atoms with Gasteiger partial charge in [-0.3, -0.25) is 14.4 Å². The van der Waals surface area contributed by atoms with E-state index < -0.39 is 71.1 Å². The second kappa shape index (κ2) is 18.7. The van der Waals surface area contributed by atoms with Gasteiger partial charge in [-0.15, -0.1) is 0 Å². The molecule has 4 aromatic rings. The van der Waals surface area contributed by atoms with Crippen molar-refractivity contribution in [1.29, 1.82) is 0 Å². The summed E-state index contributed by atoms with van der Waals surface area (Å²) in [5, 5.41) is 32.3. The van der Waals surface area contributed by atoms with Crippen molar-refractivity contribution in [2.75, 3.05) is 14.2 Å². The molecule has 290 valence electrons. The molecule has 14 nitrogen and oxygen atoms in total. The maximum atomic E-state index is 14.4. The molecule has 6 N–H and O–H groups in total. The summed E-state index contributed by atoms with van der Waals surface area (Å²) in [5.74, 6) is -4.82. The quantitative estimate of drug-likeness (QED) is 0.0954. The van der Waals surface area contributed by atoms with Gasteiger partial charge in [-0.2, -0.15) is 0 Å². The van der Waals surface area contributed by atoms with E-state index >= 15 is 0 Å². The number of benzene rings is 4. The van der Waals surface area contributed by atoms with Crippen molar-refractivity contribution < 1.29 is 48.4 Å². The molecule has 0 aliphatic rings. The first-order chi connectivity index (χ1) is 26.1. The third-order valence-corrected chi connectivity index (χ3v) is 8.30. The summed E-state index contributed by atoms with van der Waals surface area (Å²) in [6.45, 7) is 4.95. The van der Waals surface area contributed by atoms with E-state index in [1.807, 2.05) is 0 Å². The van der Waals surface area contributed by atoms with Gasteiger partial charge in [0.2, 0.25) is 23.5 Å². The number of ether oxygens (including phenoxy) is 3. The molecule has 0 saturated heterocycles. The van der Waals surface area contributed by atoms with Crippen molar-refractivity contribution in [3.63, 3.8) is 0 Å². The van der Waals surface area contributed by atoms with Crippen molar-refractivity contribution in [2.24, 2.45) is 0 Å². The lowest BCUT2D eigenvalue weighted by molar-refractivity contribution is -0.145. The van der Waals surface area contributed by atoms with E-state index in [1.54, 1.807) is 106 Å². The van der Waals surface area contributed by atoms with Crippen molar-refractivity contribution in [3.8, 4) is 17.2 Å². The van der Waals surface area contributed by atoms with Gasteiger partial charge in [0.05, 0.1) is 14.2 Å². The van der Waals surface area contributed by atoms with E-state index in [0.29, 0.717) is 21.7 Å². The number of alkyl carbamates (subject to hydrolysis) is 1. The summed E-state index contributed by atoms with van der Waals surface area (Å²) in [6.07, 6.45) is -0.892. The molecule has 0 fully saturated rings. The van der Waals surface area contributed by atoms with Crippen LogP contribution in [-0.4, -0.2) is 65.9 Å². The Morgan fingerprint density at radius 1 is 0.655 bits per heavy atom. The number of aromatic hydroxyl groups is 2. The largest absolute Gasteiger partial charge is 0.504 e. The molecule has 4 atom stereocenters. The number of carbonyl (C=O) groups is 5. The van der Waals surface area contributed by atoms with Crippen LogP contribution < -0.4 is 26.0 Å². The summed E-state index contributed by atoms with van der Waals surface area (Å²) in [6, 6.07) is 19.4. The van der Waals surface area contributed by atoms with Gasteiger partial charge >= 0.3 is 12.1 Å². The minimum absolute atomic E-state index is 0.0274. The van der Waals surface area contributed by atoms with Crippen LogP contribution in [0.5, 0.6) is 17.2 Å². The maximum Gasteiger partial charge on any atom is 0.408 e. The molecule has 4 rings (SSSR count). The van der Waals surface area contributed by atoms with Gasteiger partial charge in [0.1, 0.15) is 29.8 Å². The lowest BCUT2D eigenvalue weighted by Gasteiger charge is -2.27. The Labute approximate surface area is 323 Å². The highest BCUT2D eigenvalue weighted by atomic mass is 35.5. The number of phenols is 2. The fraction of sp³-hybridized carbons (Fsp3) is 0.275.